The second kappa shape index (κ2) is 6.27. The minimum Gasteiger partial charge on any atom is -0.363 e. The molecule has 1 atom stereocenters. The molecule has 4 rings (SSSR count). The van der Waals surface area contributed by atoms with Gasteiger partial charge in [-0.25, -0.2) is 23.9 Å². The van der Waals surface area contributed by atoms with E-state index in [1.54, 1.807) is 29.0 Å². The lowest BCUT2D eigenvalue weighted by Crippen LogP contribution is -2.08. The number of anilines is 1. The topological polar surface area (TPSA) is 68.0 Å². The van der Waals surface area contributed by atoms with Gasteiger partial charge in [-0.3, -0.25) is 0 Å². The molecule has 1 N–H and O–H groups in total. The molecule has 0 aliphatic rings. The molecule has 4 aromatic rings. The predicted molar refractivity (Wildman–Crippen MR) is 94.6 cm³/mol. The van der Waals surface area contributed by atoms with Gasteiger partial charge in [0.05, 0.1) is 17.5 Å². The van der Waals surface area contributed by atoms with Crippen LogP contribution in [0.15, 0.2) is 61.3 Å². The minimum absolute atomic E-state index is 0. The molecule has 0 bridgehead atoms. The van der Waals surface area contributed by atoms with Crippen LogP contribution in [0.3, 0.4) is 0 Å². The van der Waals surface area contributed by atoms with E-state index < -0.39 is 0 Å². The fourth-order valence-electron chi connectivity index (χ4n) is 2.65. The van der Waals surface area contributed by atoms with Crippen LogP contribution >= 0.6 is 0 Å². The van der Waals surface area contributed by atoms with E-state index >= 15 is 0 Å². The molecule has 6 nitrogen and oxygen atoms in total. The third-order valence-electron chi connectivity index (χ3n) is 3.96. The van der Waals surface area contributed by atoms with E-state index in [0.29, 0.717) is 5.82 Å². The zero-order valence-electron chi connectivity index (χ0n) is 13.5. The zero-order valence-corrected chi connectivity index (χ0v) is 13.5. The van der Waals surface area contributed by atoms with Crippen molar-refractivity contribution in [1.82, 2.24) is 24.6 Å². The molecule has 0 aliphatic carbocycles. The lowest BCUT2D eigenvalue weighted by Gasteiger charge is -2.15. The normalized spacial score (nSPS) is 12.2. The summed E-state index contributed by atoms with van der Waals surface area (Å²) >= 11 is 0. The van der Waals surface area contributed by atoms with Crippen LogP contribution in [0.1, 0.15) is 20.0 Å². The molecular formula is C18H17FN6. The molecule has 0 unspecified atom stereocenters. The lowest BCUT2D eigenvalue weighted by atomic mass is 10.1. The van der Waals surface area contributed by atoms with Crippen molar-refractivity contribution in [2.75, 3.05) is 5.32 Å². The molecule has 0 fully saturated rings. The van der Waals surface area contributed by atoms with Crippen LogP contribution in [0.25, 0.3) is 16.9 Å². The fourth-order valence-corrected chi connectivity index (χ4v) is 2.65. The Morgan fingerprint density at radius 2 is 2.00 bits per heavy atom. The summed E-state index contributed by atoms with van der Waals surface area (Å²) in [5, 5.41) is 7.59. The van der Waals surface area contributed by atoms with Crippen molar-refractivity contribution >= 4 is 11.5 Å². The number of fused-ring (bicyclic) bond motifs is 1. The Morgan fingerprint density at radius 1 is 1.16 bits per heavy atom. The summed E-state index contributed by atoms with van der Waals surface area (Å²) in [6.45, 7) is 1.99. The molecule has 0 aliphatic heterocycles. The maximum atomic E-state index is 13.1. The molecular weight excluding hydrogens is 319 g/mol. The van der Waals surface area contributed by atoms with Gasteiger partial charge in [-0.2, -0.15) is 5.10 Å². The molecule has 0 radical (unpaired) electrons. The van der Waals surface area contributed by atoms with Crippen molar-refractivity contribution in [3.8, 4) is 11.3 Å². The average molecular weight is 336 g/mol. The van der Waals surface area contributed by atoms with Crippen LogP contribution < -0.4 is 5.32 Å². The number of aromatic nitrogens is 5. The first-order valence-electron chi connectivity index (χ1n) is 7.83. The number of rotatable bonds is 4. The monoisotopic (exact) mass is 336 g/mol. The summed E-state index contributed by atoms with van der Waals surface area (Å²) in [5.41, 5.74) is 3.27. The smallest absolute Gasteiger partial charge is 0.164 e. The first-order chi connectivity index (χ1) is 12.2. The summed E-state index contributed by atoms with van der Waals surface area (Å²) in [5.74, 6) is 0.429. The van der Waals surface area contributed by atoms with Crippen molar-refractivity contribution < 1.29 is 5.82 Å². The highest BCUT2D eigenvalue weighted by Crippen LogP contribution is 2.24. The minimum atomic E-state index is -0.249. The van der Waals surface area contributed by atoms with Gasteiger partial charge in [0, 0.05) is 25.9 Å². The van der Waals surface area contributed by atoms with E-state index in [1.807, 2.05) is 25.3 Å². The third-order valence-corrected chi connectivity index (χ3v) is 3.96. The van der Waals surface area contributed by atoms with Crippen LogP contribution in [-0.4, -0.2) is 24.6 Å². The Morgan fingerprint density at radius 3 is 2.84 bits per heavy atom. The van der Waals surface area contributed by atoms with E-state index in [-0.39, 0.29) is 13.3 Å². The highest BCUT2D eigenvalue weighted by molar-refractivity contribution is 5.75. The zero-order chi connectivity index (χ0) is 17.2. The van der Waals surface area contributed by atoms with Crippen molar-refractivity contribution in [2.45, 2.75) is 13.0 Å². The maximum absolute atomic E-state index is 13.1. The number of hydrogen-bond acceptors (Lipinski definition) is 5. The second-order valence-electron chi connectivity index (χ2n) is 5.65. The van der Waals surface area contributed by atoms with Crippen LogP contribution in [0.2, 0.25) is 0 Å². The molecule has 0 saturated carbocycles. The average Bonchev–Trinajstić information content (AvgIpc) is 3.06. The van der Waals surface area contributed by atoms with E-state index in [4.69, 9.17) is 0 Å². The molecule has 3 heterocycles. The SMILES string of the molecule is C[C@H](Nc1cc(-c2cnn3cccnc23)ncn1)c1ccc(F)cc1.[HH]. The third kappa shape index (κ3) is 3.03. The van der Waals surface area contributed by atoms with Crippen LogP contribution in [-0.2, 0) is 0 Å². The van der Waals surface area contributed by atoms with Gasteiger partial charge in [0.2, 0.25) is 0 Å². The van der Waals surface area contributed by atoms with E-state index in [1.165, 1.54) is 18.5 Å². The Bertz CT molecular complexity index is 1020. The number of benzene rings is 1. The largest absolute Gasteiger partial charge is 0.363 e. The summed E-state index contributed by atoms with van der Waals surface area (Å²) < 4.78 is 14.8. The number of nitrogens with zero attached hydrogens (tertiary/aromatic N) is 5. The van der Waals surface area contributed by atoms with Crippen LogP contribution in [0.4, 0.5) is 10.2 Å². The van der Waals surface area contributed by atoms with E-state index in [2.05, 4.69) is 25.4 Å². The molecule has 1 aromatic carbocycles. The van der Waals surface area contributed by atoms with Gasteiger partial charge in [0.15, 0.2) is 5.65 Å². The molecule has 0 amide bonds. The van der Waals surface area contributed by atoms with Crippen molar-refractivity contribution in [1.29, 1.82) is 0 Å². The van der Waals surface area contributed by atoms with E-state index in [0.717, 1.165) is 22.5 Å². The van der Waals surface area contributed by atoms with Crippen LogP contribution in [0.5, 0.6) is 0 Å². The molecule has 3 aromatic heterocycles. The first-order valence-corrected chi connectivity index (χ1v) is 7.83. The Balaban J connectivity index is 0.00000196. The maximum Gasteiger partial charge on any atom is 0.164 e. The molecule has 126 valence electrons. The molecule has 25 heavy (non-hydrogen) atoms. The predicted octanol–water partition coefficient (Wildman–Crippen LogP) is 3.74. The lowest BCUT2D eigenvalue weighted by molar-refractivity contribution is 0.626. The van der Waals surface area contributed by atoms with Crippen molar-refractivity contribution in [2.24, 2.45) is 0 Å². The van der Waals surface area contributed by atoms with Crippen molar-refractivity contribution in [3.05, 3.63) is 72.7 Å². The van der Waals surface area contributed by atoms with Gasteiger partial charge in [0.25, 0.3) is 0 Å². The van der Waals surface area contributed by atoms with Crippen molar-refractivity contribution in [3.63, 3.8) is 0 Å². The first kappa shape index (κ1) is 15.2. The van der Waals surface area contributed by atoms with Crippen LogP contribution in [0, 0.1) is 5.82 Å². The highest BCUT2D eigenvalue weighted by atomic mass is 19.1. The fraction of sp³-hybridized carbons (Fsp3) is 0.111. The van der Waals surface area contributed by atoms with Gasteiger partial charge in [-0.05, 0) is 30.7 Å². The Labute approximate surface area is 144 Å². The summed E-state index contributed by atoms with van der Waals surface area (Å²) in [4.78, 5) is 12.9. The van der Waals surface area contributed by atoms with Gasteiger partial charge in [0.1, 0.15) is 18.0 Å². The summed E-state index contributed by atoms with van der Waals surface area (Å²) in [6.07, 6.45) is 6.79. The van der Waals surface area contributed by atoms with Gasteiger partial charge >= 0.3 is 0 Å². The second-order valence-corrected chi connectivity index (χ2v) is 5.65. The van der Waals surface area contributed by atoms with Gasteiger partial charge < -0.3 is 5.32 Å². The highest BCUT2D eigenvalue weighted by Gasteiger charge is 2.11. The van der Waals surface area contributed by atoms with E-state index in [9.17, 15) is 4.39 Å². The Hall–Kier alpha value is -3.35. The number of halogens is 1. The van der Waals surface area contributed by atoms with Gasteiger partial charge in [-0.15, -0.1) is 0 Å². The molecule has 0 saturated heterocycles. The van der Waals surface area contributed by atoms with Gasteiger partial charge in [-0.1, -0.05) is 12.1 Å². The Kier molecular flexibility index (Phi) is 3.81. The number of nitrogens with one attached hydrogen (secondary N) is 1. The summed E-state index contributed by atoms with van der Waals surface area (Å²) in [7, 11) is 0. The number of hydrogen-bond donors (Lipinski definition) is 1. The quantitative estimate of drug-likeness (QED) is 0.615. The standard InChI is InChI=1S/C18H15FN6.H2/c1-12(13-3-5-14(19)6-4-13)24-17-9-16(21-11-22-17)15-10-23-25-8-2-7-20-18(15)25;/h2-12H,1H3,(H,21,22,24);1H/t12-;/m0./s1. The molecule has 0 spiro atoms. The summed E-state index contributed by atoms with van der Waals surface area (Å²) in [6, 6.07) is 10.1. The molecule has 7 heteroatoms.